The van der Waals surface area contributed by atoms with Gasteiger partial charge in [-0.25, -0.2) is 8.78 Å². The Bertz CT molecular complexity index is 407. The van der Waals surface area contributed by atoms with Gasteiger partial charge in [0.25, 0.3) is 0 Å². The minimum absolute atomic E-state index is 0.229. The second kappa shape index (κ2) is 5.35. The van der Waals surface area contributed by atoms with Crippen molar-refractivity contribution >= 4 is 0 Å². The van der Waals surface area contributed by atoms with Crippen molar-refractivity contribution in [2.45, 2.75) is 45.1 Å². The molecule has 100 valence electrons. The summed E-state index contributed by atoms with van der Waals surface area (Å²) in [4.78, 5) is 0. The van der Waals surface area contributed by atoms with Crippen LogP contribution in [0, 0.1) is 17.6 Å². The van der Waals surface area contributed by atoms with Crippen LogP contribution in [-0.4, -0.2) is 6.54 Å². The smallest absolute Gasteiger partial charge is 0.128 e. The highest BCUT2D eigenvalue weighted by Crippen LogP contribution is 2.38. The number of hydrogen-bond acceptors (Lipinski definition) is 1. The molecule has 1 unspecified atom stereocenters. The number of nitrogens with one attached hydrogen (secondary N) is 1. The average Bonchev–Trinajstić information content (AvgIpc) is 2.58. The van der Waals surface area contributed by atoms with E-state index in [-0.39, 0.29) is 17.6 Å². The van der Waals surface area contributed by atoms with E-state index in [0.717, 1.165) is 32.2 Å². The molecule has 1 fully saturated rings. The summed E-state index contributed by atoms with van der Waals surface area (Å²) in [5.41, 5.74) is 0.0577. The first kappa shape index (κ1) is 13.5. The quantitative estimate of drug-likeness (QED) is 0.840. The molecule has 1 atom stereocenters. The van der Waals surface area contributed by atoms with Crippen molar-refractivity contribution in [2.75, 3.05) is 6.54 Å². The SMILES string of the molecule is CC(C)C1(c2cc(F)ccc2F)CCCCCN1. The first-order valence-electron chi connectivity index (χ1n) is 6.77. The van der Waals surface area contributed by atoms with Crippen molar-refractivity contribution in [1.82, 2.24) is 5.32 Å². The molecule has 1 saturated heterocycles. The number of hydrogen-bond donors (Lipinski definition) is 1. The molecule has 1 aliphatic heterocycles. The van der Waals surface area contributed by atoms with Crippen molar-refractivity contribution < 1.29 is 8.78 Å². The third kappa shape index (κ3) is 2.41. The van der Waals surface area contributed by atoms with Crippen LogP contribution >= 0.6 is 0 Å². The van der Waals surface area contributed by atoms with Crippen LogP contribution in [0.4, 0.5) is 8.78 Å². The van der Waals surface area contributed by atoms with Gasteiger partial charge in [-0.15, -0.1) is 0 Å². The van der Waals surface area contributed by atoms with Gasteiger partial charge in [-0.1, -0.05) is 26.7 Å². The number of rotatable bonds is 2. The Morgan fingerprint density at radius 3 is 2.67 bits per heavy atom. The van der Waals surface area contributed by atoms with Gasteiger partial charge in [0.15, 0.2) is 0 Å². The maximum atomic E-state index is 14.1. The molecule has 1 aromatic rings. The molecular weight excluding hydrogens is 232 g/mol. The lowest BCUT2D eigenvalue weighted by molar-refractivity contribution is 0.222. The van der Waals surface area contributed by atoms with E-state index >= 15 is 0 Å². The van der Waals surface area contributed by atoms with Crippen molar-refractivity contribution in [3.63, 3.8) is 0 Å². The highest BCUT2D eigenvalue weighted by atomic mass is 19.1. The van der Waals surface area contributed by atoms with Gasteiger partial charge in [0.2, 0.25) is 0 Å². The molecule has 2 rings (SSSR count). The fourth-order valence-electron chi connectivity index (χ4n) is 2.98. The van der Waals surface area contributed by atoms with Crippen LogP contribution < -0.4 is 5.32 Å². The van der Waals surface area contributed by atoms with Crippen molar-refractivity contribution in [3.05, 3.63) is 35.4 Å². The lowest BCUT2D eigenvalue weighted by Crippen LogP contribution is -2.47. The number of benzene rings is 1. The molecule has 1 heterocycles. The summed E-state index contributed by atoms with van der Waals surface area (Å²) >= 11 is 0. The summed E-state index contributed by atoms with van der Waals surface area (Å²) in [5.74, 6) is -0.441. The van der Waals surface area contributed by atoms with Crippen LogP contribution in [0.2, 0.25) is 0 Å². The lowest BCUT2D eigenvalue weighted by atomic mass is 9.76. The fraction of sp³-hybridized carbons (Fsp3) is 0.600. The zero-order valence-electron chi connectivity index (χ0n) is 11.1. The molecule has 18 heavy (non-hydrogen) atoms. The normalized spacial score (nSPS) is 25.2. The molecule has 1 nitrogen and oxygen atoms in total. The molecule has 0 spiro atoms. The van der Waals surface area contributed by atoms with Crippen LogP contribution in [0.25, 0.3) is 0 Å². The van der Waals surface area contributed by atoms with Gasteiger partial charge in [0.05, 0.1) is 0 Å². The highest BCUT2D eigenvalue weighted by Gasteiger charge is 2.38. The van der Waals surface area contributed by atoms with Crippen LogP contribution in [0.15, 0.2) is 18.2 Å². The van der Waals surface area contributed by atoms with E-state index < -0.39 is 5.54 Å². The second-order valence-corrected chi connectivity index (χ2v) is 5.49. The third-order valence-corrected chi connectivity index (χ3v) is 4.08. The molecule has 0 bridgehead atoms. The summed E-state index contributed by atoms with van der Waals surface area (Å²) in [6, 6.07) is 3.78. The van der Waals surface area contributed by atoms with Crippen LogP contribution in [0.3, 0.4) is 0 Å². The Balaban J connectivity index is 2.48. The van der Waals surface area contributed by atoms with Gasteiger partial charge in [-0.2, -0.15) is 0 Å². The predicted molar refractivity (Wildman–Crippen MR) is 69.3 cm³/mol. The molecule has 0 saturated carbocycles. The molecule has 0 radical (unpaired) electrons. The summed E-state index contributed by atoms with van der Waals surface area (Å²) in [5, 5.41) is 3.47. The average molecular weight is 253 g/mol. The summed E-state index contributed by atoms with van der Waals surface area (Å²) in [6.07, 6.45) is 4.18. The minimum atomic E-state index is -0.428. The summed E-state index contributed by atoms with van der Waals surface area (Å²) < 4.78 is 27.5. The summed E-state index contributed by atoms with van der Waals surface area (Å²) in [7, 11) is 0. The summed E-state index contributed by atoms with van der Waals surface area (Å²) in [6.45, 7) is 5.01. The van der Waals surface area contributed by atoms with Gasteiger partial charge in [0, 0.05) is 11.1 Å². The first-order valence-corrected chi connectivity index (χ1v) is 6.77. The predicted octanol–water partition coefficient (Wildman–Crippen LogP) is 3.98. The van der Waals surface area contributed by atoms with Crippen LogP contribution in [-0.2, 0) is 5.54 Å². The topological polar surface area (TPSA) is 12.0 Å². The second-order valence-electron chi connectivity index (χ2n) is 5.49. The number of halogens is 2. The Hall–Kier alpha value is -0.960. The van der Waals surface area contributed by atoms with Gasteiger partial charge in [-0.3, -0.25) is 0 Å². The highest BCUT2D eigenvalue weighted by molar-refractivity contribution is 5.28. The van der Waals surface area contributed by atoms with E-state index in [1.54, 1.807) is 0 Å². The van der Waals surface area contributed by atoms with Gasteiger partial charge < -0.3 is 5.32 Å². The Morgan fingerprint density at radius 1 is 1.17 bits per heavy atom. The fourth-order valence-corrected chi connectivity index (χ4v) is 2.98. The van der Waals surface area contributed by atoms with Crippen LogP contribution in [0.1, 0.15) is 45.1 Å². The third-order valence-electron chi connectivity index (χ3n) is 4.08. The zero-order chi connectivity index (χ0) is 13.2. The molecule has 0 amide bonds. The largest absolute Gasteiger partial charge is 0.307 e. The molecule has 1 N–H and O–H groups in total. The Kier molecular flexibility index (Phi) is 4.00. The van der Waals surface area contributed by atoms with E-state index in [2.05, 4.69) is 19.2 Å². The maximum absolute atomic E-state index is 14.1. The standard InChI is InChI=1S/C15H21F2N/c1-11(2)15(8-4-3-5-9-18-15)13-10-12(16)6-7-14(13)17/h6-7,10-11,18H,3-5,8-9H2,1-2H3. The van der Waals surface area contributed by atoms with Gasteiger partial charge >= 0.3 is 0 Å². The molecule has 1 aliphatic rings. The van der Waals surface area contributed by atoms with E-state index in [1.807, 2.05) is 0 Å². The van der Waals surface area contributed by atoms with Gasteiger partial charge in [-0.05, 0) is 43.5 Å². The Morgan fingerprint density at radius 2 is 1.94 bits per heavy atom. The molecule has 0 aromatic heterocycles. The van der Waals surface area contributed by atoms with Crippen molar-refractivity contribution in [1.29, 1.82) is 0 Å². The Labute approximate surface area is 108 Å². The first-order chi connectivity index (χ1) is 8.56. The van der Waals surface area contributed by atoms with E-state index in [0.29, 0.717) is 5.56 Å². The molecule has 0 aliphatic carbocycles. The zero-order valence-corrected chi connectivity index (χ0v) is 11.1. The van der Waals surface area contributed by atoms with E-state index in [4.69, 9.17) is 0 Å². The van der Waals surface area contributed by atoms with E-state index in [9.17, 15) is 8.78 Å². The molecule has 1 aromatic carbocycles. The van der Waals surface area contributed by atoms with E-state index in [1.165, 1.54) is 18.2 Å². The van der Waals surface area contributed by atoms with Crippen molar-refractivity contribution in [3.8, 4) is 0 Å². The molecular formula is C15H21F2N. The monoisotopic (exact) mass is 253 g/mol. The van der Waals surface area contributed by atoms with Crippen molar-refractivity contribution in [2.24, 2.45) is 5.92 Å². The molecule has 3 heteroatoms. The minimum Gasteiger partial charge on any atom is -0.307 e. The van der Waals surface area contributed by atoms with Gasteiger partial charge in [0.1, 0.15) is 11.6 Å². The lowest BCUT2D eigenvalue weighted by Gasteiger charge is -2.38. The van der Waals surface area contributed by atoms with Crippen LogP contribution in [0.5, 0.6) is 0 Å². The maximum Gasteiger partial charge on any atom is 0.128 e.